The van der Waals surface area contributed by atoms with Gasteiger partial charge in [-0.15, -0.1) is 0 Å². The summed E-state index contributed by atoms with van der Waals surface area (Å²) in [5, 5.41) is 9.60. The highest BCUT2D eigenvalue weighted by atomic mass is 79.9. The molecular formula is C11H11BrF2O. The van der Waals surface area contributed by atoms with Crippen LogP contribution in [0.1, 0.15) is 24.8 Å². The predicted molar refractivity (Wildman–Crippen MR) is 56.6 cm³/mol. The van der Waals surface area contributed by atoms with Crippen LogP contribution in [0.15, 0.2) is 16.6 Å². The summed E-state index contributed by atoms with van der Waals surface area (Å²) in [7, 11) is 0. The largest absolute Gasteiger partial charge is 0.390 e. The third-order valence-corrected chi connectivity index (χ3v) is 3.53. The Balaban J connectivity index is 2.11. The fraction of sp³-hybridized carbons (Fsp3) is 0.455. The molecule has 2 rings (SSSR count). The molecule has 0 bridgehead atoms. The minimum atomic E-state index is -0.596. The molecule has 1 saturated carbocycles. The van der Waals surface area contributed by atoms with E-state index in [-0.39, 0.29) is 4.47 Å². The summed E-state index contributed by atoms with van der Waals surface area (Å²) in [6.45, 7) is 0. The zero-order valence-electron chi connectivity index (χ0n) is 8.06. The second kappa shape index (κ2) is 3.83. The Morgan fingerprint density at radius 2 is 2.00 bits per heavy atom. The minimum absolute atomic E-state index is 0.122. The molecular weight excluding hydrogens is 266 g/mol. The molecule has 4 heteroatoms. The molecule has 0 atom stereocenters. The highest BCUT2D eigenvalue weighted by molar-refractivity contribution is 9.10. The molecule has 0 aromatic heterocycles. The number of aryl methyl sites for hydroxylation is 1. The van der Waals surface area contributed by atoms with Crippen molar-refractivity contribution in [2.45, 2.75) is 31.3 Å². The molecule has 1 aliphatic rings. The molecule has 0 radical (unpaired) electrons. The van der Waals surface area contributed by atoms with Gasteiger partial charge < -0.3 is 5.11 Å². The van der Waals surface area contributed by atoms with Crippen molar-refractivity contribution in [2.24, 2.45) is 0 Å². The zero-order chi connectivity index (χ0) is 11.1. The molecule has 0 heterocycles. The van der Waals surface area contributed by atoms with Crippen LogP contribution in [0.5, 0.6) is 0 Å². The van der Waals surface area contributed by atoms with Gasteiger partial charge in [-0.2, -0.15) is 0 Å². The lowest BCUT2D eigenvalue weighted by atomic mass is 10.1. The van der Waals surface area contributed by atoms with Gasteiger partial charge in [0.05, 0.1) is 10.1 Å². The van der Waals surface area contributed by atoms with E-state index in [1.54, 1.807) is 0 Å². The van der Waals surface area contributed by atoms with Gasteiger partial charge in [0.15, 0.2) is 0 Å². The summed E-state index contributed by atoms with van der Waals surface area (Å²) in [6.07, 6.45) is 2.57. The van der Waals surface area contributed by atoms with Gasteiger partial charge in [-0.25, -0.2) is 8.78 Å². The lowest BCUT2D eigenvalue weighted by molar-refractivity contribution is 0.140. The lowest BCUT2D eigenvalue weighted by Gasteiger charge is -2.09. The van der Waals surface area contributed by atoms with Crippen LogP contribution in [0.3, 0.4) is 0 Å². The first-order chi connectivity index (χ1) is 7.02. The Labute approximate surface area is 95.2 Å². The van der Waals surface area contributed by atoms with Gasteiger partial charge in [-0.3, -0.25) is 0 Å². The number of benzene rings is 1. The van der Waals surface area contributed by atoms with Crippen molar-refractivity contribution in [3.05, 3.63) is 33.8 Å². The van der Waals surface area contributed by atoms with E-state index in [2.05, 4.69) is 15.9 Å². The van der Waals surface area contributed by atoms with E-state index in [1.807, 2.05) is 0 Å². The molecule has 0 spiro atoms. The number of rotatable bonds is 3. The second-order valence-electron chi connectivity index (χ2n) is 4.06. The second-order valence-corrected chi connectivity index (χ2v) is 4.85. The summed E-state index contributed by atoms with van der Waals surface area (Å²) < 4.78 is 26.3. The fourth-order valence-corrected chi connectivity index (χ4v) is 1.91. The standard InChI is InChI=1S/C11H11BrF2O/c12-9-8(13)2-1-7(10(9)14)3-4-11(15)5-6-11/h1-2,15H,3-6H2. The van der Waals surface area contributed by atoms with Crippen molar-refractivity contribution < 1.29 is 13.9 Å². The summed E-state index contributed by atoms with van der Waals surface area (Å²) in [4.78, 5) is 0. The van der Waals surface area contributed by atoms with Gasteiger partial charge in [-0.1, -0.05) is 6.07 Å². The third kappa shape index (κ3) is 2.37. The van der Waals surface area contributed by atoms with E-state index in [0.717, 1.165) is 12.8 Å². The average Bonchev–Trinajstić information content (AvgIpc) is 2.93. The van der Waals surface area contributed by atoms with Crippen molar-refractivity contribution in [1.82, 2.24) is 0 Å². The van der Waals surface area contributed by atoms with Crippen molar-refractivity contribution in [1.29, 1.82) is 0 Å². The summed E-state index contributed by atoms with van der Waals surface area (Å²) in [5.41, 5.74) is -0.142. The van der Waals surface area contributed by atoms with Crippen LogP contribution in [0.4, 0.5) is 8.78 Å². The van der Waals surface area contributed by atoms with Gasteiger partial charge in [-0.05, 0) is 53.2 Å². The van der Waals surface area contributed by atoms with E-state index >= 15 is 0 Å². The number of halogens is 3. The highest BCUT2D eigenvalue weighted by Gasteiger charge is 2.39. The molecule has 0 aliphatic heterocycles. The number of aliphatic hydroxyl groups is 1. The molecule has 0 saturated heterocycles. The van der Waals surface area contributed by atoms with Crippen LogP contribution in [-0.4, -0.2) is 10.7 Å². The first-order valence-electron chi connectivity index (χ1n) is 4.87. The first-order valence-corrected chi connectivity index (χ1v) is 5.66. The first kappa shape index (κ1) is 11.0. The van der Waals surface area contributed by atoms with E-state index < -0.39 is 17.2 Å². The van der Waals surface area contributed by atoms with Crippen LogP contribution in [0, 0.1) is 11.6 Å². The monoisotopic (exact) mass is 276 g/mol. The molecule has 1 fully saturated rings. The van der Waals surface area contributed by atoms with E-state index in [4.69, 9.17) is 0 Å². The molecule has 1 N–H and O–H groups in total. The summed E-state index contributed by atoms with van der Waals surface area (Å²) in [5.74, 6) is -1.15. The van der Waals surface area contributed by atoms with Crippen LogP contribution < -0.4 is 0 Å². The van der Waals surface area contributed by atoms with Crippen molar-refractivity contribution in [3.8, 4) is 0 Å². The van der Waals surface area contributed by atoms with Crippen LogP contribution in [-0.2, 0) is 6.42 Å². The van der Waals surface area contributed by atoms with Crippen molar-refractivity contribution in [3.63, 3.8) is 0 Å². The summed E-state index contributed by atoms with van der Waals surface area (Å²) >= 11 is 2.85. The predicted octanol–water partition coefficient (Wildman–Crippen LogP) is 3.18. The molecule has 0 unspecified atom stereocenters. The van der Waals surface area contributed by atoms with Gasteiger partial charge in [0, 0.05) is 0 Å². The van der Waals surface area contributed by atoms with Crippen molar-refractivity contribution >= 4 is 15.9 Å². The molecule has 1 nitrogen and oxygen atoms in total. The molecule has 1 aromatic carbocycles. The lowest BCUT2D eigenvalue weighted by Crippen LogP contribution is -2.08. The van der Waals surface area contributed by atoms with Gasteiger partial charge in [0.1, 0.15) is 11.6 Å². The molecule has 1 aliphatic carbocycles. The van der Waals surface area contributed by atoms with Gasteiger partial charge in [0.2, 0.25) is 0 Å². The number of hydrogen-bond donors (Lipinski definition) is 1. The Bertz CT molecular complexity index is 388. The van der Waals surface area contributed by atoms with Crippen LogP contribution in [0.2, 0.25) is 0 Å². The molecule has 15 heavy (non-hydrogen) atoms. The third-order valence-electron chi connectivity index (χ3n) is 2.80. The topological polar surface area (TPSA) is 20.2 Å². The summed E-state index contributed by atoms with van der Waals surface area (Å²) in [6, 6.07) is 2.67. The van der Waals surface area contributed by atoms with Gasteiger partial charge >= 0.3 is 0 Å². The maximum absolute atomic E-state index is 13.5. The Morgan fingerprint density at radius 1 is 1.33 bits per heavy atom. The van der Waals surface area contributed by atoms with Crippen LogP contribution >= 0.6 is 15.9 Å². The van der Waals surface area contributed by atoms with E-state index in [9.17, 15) is 13.9 Å². The Kier molecular flexibility index (Phi) is 2.81. The SMILES string of the molecule is OC1(CCc2ccc(F)c(Br)c2F)CC1. The highest BCUT2D eigenvalue weighted by Crippen LogP contribution is 2.39. The van der Waals surface area contributed by atoms with Gasteiger partial charge in [0.25, 0.3) is 0 Å². The van der Waals surface area contributed by atoms with Crippen molar-refractivity contribution in [2.75, 3.05) is 0 Å². The van der Waals surface area contributed by atoms with E-state index in [0.29, 0.717) is 18.4 Å². The van der Waals surface area contributed by atoms with E-state index in [1.165, 1.54) is 12.1 Å². The molecule has 0 amide bonds. The smallest absolute Gasteiger partial charge is 0.143 e. The Morgan fingerprint density at radius 3 is 2.60 bits per heavy atom. The average molecular weight is 277 g/mol. The van der Waals surface area contributed by atoms with Crippen LogP contribution in [0.25, 0.3) is 0 Å². The maximum atomic E-state index is 13.5. The Hall–Kier alpha value is -0.480. The maximum Gasteiger partial charge on any atom is 0.143 e. The fourth-order valence-electron chi connectivity index (χ4n) is 1.52. The minimum Gasteiger partial charge on any atom is -0.390 e. The molecule has 1 aromatic rings. The molecule has 82 valence electrons. The quantitative estimate of drug-likeness (QED) is 0.841. The normalized spacial score (nSPS) is 17.9. The number of hydrogen-bond acceptors (Lipinski definition) is 1. The zero-order valence-corrected chi connectivity index (χ0v) is 9.65.